The van der Waals surface area contributed by atoms with Crippen LogP contribution in [0.2, 0.25) is 5.15 Å². The summed E-state index contributed by atoms with van der Waals surface area (Å²) >= 11 is 6.03. The average Bonchev–Trinajstić information content (AvgIpc) is 2.77. The Bertz CT molecular complexity index is 969. The number of benzene rings is 1. The minimum Gasteiger partial charge on any atom is -0.399 e. The van der Waals surface area contributed by atoms with Crippen LogP contribution in [0.25, 0.3) is 0 Å². The summed E-state index contributed by atoms with van der Waals surface area (Å²) in [5.74, 6) is -0.865. The molecule has 10 heteroatoms. The number of pyridine rings is 1. The zero-order valence-corrected chi connectivity index (χ0v) is 16.9. The van der Waals surface area contributed by atoms with E-state index in [1.807, 2.05) is 27.7 Å². The van der Waals surface area contributed by atoms with Gasteiger partial charge in [0.25, 0.3) is 10.0 Å². The number of hydrogen-bond donors (Lipinski definition) is 1. The first-order chi connectivity index (χ1) is 12.4. The van der Waals surface area contributed by atoms with Crippen molar-refractivity contribution >= 4 is 39.9 Å². The number of aromatic nitrogens is 1. The molecule has 0 saturated carbocycles. The molecule has 6 nitrogen and oxygen atoms in total. The summed E-state index contributed by atoms with van der Waals surface area (Å²) in [7, 11) is -4.92. The molecule has 0 radical (unpaired) electrons. The maximum atomic E-state index is 13.9. The van der Waals surface area contributed by atoms with E-state index in [2.05, 4.69) is 9.71 Å². The van der Waals surface area contributed by atoms with Crippen LogP contribution in [0, 0.1) is 5.82 Å². The molecular formula is C17H19BClFN2O4S. The van der Waals surface area contributed by atoms with Crippen LogP contribution >= 0.6 is 11.6 Å². The summed E-state index contributed by atoms with van der Waals surface area (Å²) in [6.45, 7) is 7.60. The van der Waals surface area contributed by atoms with Crippen molar-refractivity contribution in [3.05, 3.63) is 47.5 Å². The Labute approximate surface area is 163 Å². The molecule has 0 aliphatic carbocycles. The molecule has 1 aliphatic rings. The van der Waals surface area contributed by atoms with Crippen molar-refractivity contribution in [1.29, 1.82) is 0 Å². The van der Waals surface area contributed by atoms with Crippen molar-refractivity contribution in [2.24, 2.45) is 0 Å². The van der Waals surface area contributed by atoms with Gasteiger partial charge in [0, 0.05) is 11.7 Å². The maximum Gasteiger partial charge on any atom is 0.496 e. The normalized spacial score (nSPS) is 18.5. The van der Waals surface area contributed by atoms with Crippen molar-refractivity contribution in [1.82, 2.24) is 4.98 Å². The smallest absolute Gasteiger partial charge is 0.399 e. The maximum absolute atomic E-state index is 13.9. The molecule has 2 heterocycles. The first-order valence-electron chi connectivity index (χ1n) is 8.21. The molecule has 0 amide bonds. The fourth-order valence-electron chi connectivity index (χ4n) is 2.51. The molecule has 0 bridgehead atoms. The predicted octanol–water partition coefficient (Wildman–Crippen LogP) is 2.97. The largest absolute Gasteiger partial charge is 0.496 e. The topological polar surface area (TPSA) is 77.5 Å². The third kappa shape index (κ3) is 3.82. The highest BCUT2D eigenvalue weighted by Gasteiger charge is 2.52. The Morgan fingerprint density at radius 2 is 1.74 bits per heavy atom. The molecular weight excluding hydrogens is 394 g/mol. The van der Waals surface area contributed by atoms with Gasteiger partial charge >= 0.3 is 7.12 Å². The molecule has 1 N–H and O–H groups in total. The van der Waals surface area contributed by atoms with Crippen molar-refractivity contribution in [3.8, 4) is 0 Å². The number of rotatable bonds is 4. The lowest BCUT2D eigenvalue weighted by Gasteiger charge is -2.32. The van der Waals surface area contributed by atoms with Gasteiger partial charge in [-0.25, -0.2) is 17.8 Å². The molecule has 0 atom stereocenters. The molecule has 0 spiro atoms. The summed E-state index contributed by atoms with van der Waals surface area (Å²) in [6.07, 6.45) is 1.45. The molecule has 3 rings (SSSR count). The van der Waals surface area contributed by atoms with E-state index < -0.39 is 39.1 Å². The SMILES string of the molecule is CC1(C)OB(c2cnc(Cl)c(NS(=O)(=O)c3ccccc3F)c2)OC1(C)C. The molecule has 144 valence electrons. The van der Waals surface area contributed by atoms with E-state index in [-0.39, 0.29) is 10.8 Å². The zero-order chi connectivity index (χ0) is 20.0. The lowest BCUT2D eigenvalue weighted by molar-refractivity contribution is 0.00578. The Hall–Kier alpha value is -1.68. The molecule has 2 aromatic rings. The van der Waals surface area contributed by atoms with Crippen LogP contribution in [-0.2, 0) is 19.3 Å². The molecule has 1 aromatic heterocycles. The van der Waals surface area contributed by atoms with Gasteiger partial charge in [-0.15, -0.1) is 0 Å². The number of hydrogen-bond acceptors (Lipinski definition) is 5. The van der Waals surface area contributed by atoms with Gasteiger partial charge in [0.05, 0.1) is 16.9 Å². The molecule has 1 fully saturated rings. The Kier molecular flexibility index (Phi) is 5.01. The second kappa shape index (κ2) is 6.74. The van der Waals surface area contributed by atoms with Gasteiger partial charge in [-0.2, -0.15) is 0 Å². The summed E-state index contributed by atoms with van der Waals surface area (Å²) in [4.78, 5) is 3.52. The van der Waals surface area contributed by atoms with E-state index in [1.165, 1.54) is 24.4 Å². The van der Waals surface area contributed by atoms with Crippen LogP contribution in [0.1, 0.15) is 27.7 Å². The number of nitrogens with zero attached hydrogens (tertiary/aromatic N) is 1. The van der Waals surface area contributed by atoms with Gasteiger partial charge < -0.3 is 9.31 Å². The van der Waals surface area contributed by atoms with Crippen molar-refractivity contribution < 1.29 is 22.1 Å². The molecule has 1 aromatic carbocycles. The number of halogens is 2. The monoisotopic (exact) mass is 412 g/mol. The Balaban J connectivity index is 1.92. The summed E-state index contributed by atoms with van der Waals surface area (Å²) in [6, 6.07) is 6.53. The summed E-state index contributed by atoms with van der Waals surface area (Å²) in [5.41, 5.74) is -0.634. The fourth-order valence-corrected chi connectivity index (χ4v) is 3.85. The van der Waals surface area contributed by atoms with E-state index in [1.54, 1.807) is 0 Å². The van der Waals surface area contributed by atoms with Gasteiger partial charge in [0.1, 0.15) is 10.7 Å². The Morgan fingerprint density at radius 1 is 1.15 bits per heavy atom. The van der Waals surface area contributed by atoms with Gasteiger partial charge in [0.2, 0.25) is 0 Å². The summed E-state index contributed by atoms with van der Waals surface area (Å²) in [5, 5.41) is -0.0739. The molecule has 27 heavy (non-hydrogen) atoms. The van der Waals surface area contributed by atoms with Gasteiger partial charge in [0.15, 0.2) is 5.15 Å². The van der Waals surface area contributed by atoms with Gasteiger partial charge in [-0.05, 0) is 45.9 Å². The summed E-state index contributed by atoms with van der Waals surface area (Å²) < 4.78 is 53.1. The van der Waals surface area contributed by atoms with Gasteiger partial charge in [-0.1, -0.05) is 23.7 Å². The van der Waals surface area contributed by atoms with E-state index in [4.69, 9.17) is 20.9 Å². The van der Waals surface area contributed by atoms with Crippen LogP contribution in [0.15, 0.2) is 41.4 Å². The number of sulfonamides is 1. The van der Waals surface area contributed by atoms with E-state index in [9.17, 15) is 12.8 Å². The first kappa shape index (κ1) is 20.1. The highest BCUT2D eigenvalue weighted by Crippen LogP contribution is 2.36. The lowest BCUT2D eigenvalue weighted by atomic mass is 9.80. The minimum atomic E-state index is -4.18. The average molecular weight is 413 g/mol. The van der Waals surface area contributed by atoms with Crippen molar-refractivity contribution in [2.75, 3.05) is 4.72 Å². The molecule has 1 saturated heterocycles. The third-order valence-electron chi connectivity index (χ3n) is 4.76. The standard InChI is InChI=1S/C17H19BClFN2O4S/c1-16(2)17(3,4)26-18(25-16)11-9-13(15(19)21-10-11)22-27(23,24)14-8-6-5-7-12(14)20/h5-10,22H,1-4H3. The number of nitrogens with one attached hydrogen (secondary N) is 1. The number of anilines is 1. The van der Waals surface area contributed by atoms with Crippen LogP contribution in [0.3, 0.4) is 0 Å². The van der Waals surface area contributed by atoms with Crippen LogP contribution in [-0.4, -0.2) is 31.7 Å². The quantitative estimate of drug-likeness (QED) is 0.617. The van der Waals surface area contributed by atoms with E-state index in [0.29, 0.717) is 5.46 Å². The third-order valence-corrected chi connectivity index (χ3v) is 6.46. The van der Waals surface area contributed by atoms with Gasteiger partial charge in [-0.3, -0.25) is 4.72 Å². The van der Waals surface area contributed by atoms with Crippen LogP contribution in [0.4, 0.5) is 10.1 Å². The van der Waals surface area contributed by atoms with E-state index >= 15 is 0 Å². The zero-order valence-electron chi connectivity index (χ0n) is 15.3. The van der Waals surface area contributed by atoms with E-state index in [0.717, 1.165) is 12.1 Å². The first-order valence-corrected chi connectivity index (χ1v) is 10.1. The van der Waals surface area contributed by atoms with Crippen molar-refractivity contribution in [2.45, 2.75) is 43.8 Å². The fraction of sp³-hybridized carbons (Fsp3) is 0.353. The lowest BCUT2D eigenvalue weighted by Crippen LogP contribution is -2.41. The molecule has 1 aliphatic heterocycles. The highest BCUT2D eigenvalue weighted by molar-refractivity contribution is 7.92. The Morgan fingerprint density at radius 3 is 2.33 bits per heavy atom. The van der Waals surface area contributed by atoms with Crippen LogP contribution < -0.4 is 10.2 Å². The highest BCUT2D eigenvalue weighted by atomic mass is 35.5. The minimum absolute atomic E-state index is 0.00660. The predicted molar refractivity (Wildman–Crippen MR) is 102 cm³/mol. The molecule has 0 unspecified atom stereocenters. The van der Waals surface area contributed by atoms with Crippen molar-refractivity contribution in [3.63, 3.8) is 0 Å². The second-order valence-corrected chi connectivity index (χ2v) is 9.24. The van der Waals surface area contributed by atoms with Crippen LogP contribution in [0.5, 0.6) is 0 Å². The second-order valence-electron chi connectivity index (χ2n) is 7.23.